The third-order valence-corrected chi connectivity index (χ3v) is 2.72. The highest BCUT2D eigenvalue weighted by Crippen LogP contribution is 2.24. The molecule has 5 heteroatoms. The van der Waals surface area contributed by atoms with Crippen molar-refractivity contribution in [1.82, 2.24) is 14.9 Å². The topological polar surface area (TPSA) is 66.3 Å². The summed E-state index contributed by atoms with van der Waals surface area (Å²) in [6.45, 7) is 1.16. The highest BCUT2D eigenvalue weighted by atomic mass is 16.4. The monoisotopic (exact) mass is 207 g/mol. The molecule has 0 aromatic carbocycles. The number of nitrogens with zero attached hydrogens (tertiary/aromatic N) is 3. The first-order chi connectivity index (χ1) is 7.27. The van der Waals surface area contributed by atoms with Crippen LogP contribution in [0.25, 0.3) is 0 Å². The summed E-state index contributed by atoms with van der Waals surface area (Å²) in [6, 6.07) is 1.79. The summed E-state index contributed by atoms with van der Waals surface area (Å²) in [6.07, 6.45) is 4.26. The molecule has 0 radical (unpaired) electrons. The highest BCUT2D eigenvalue weighted by Gasteiger charge is 2.24. The van der Waals surface area contributed by atoms with Gasteiger partial charge in [0.2, 0.25) is 0 Å². The average molecular weight is 207 g/mol. The van der Waals surface area contributed by atoms with Crippen molar-refractivity contribution < 1.29 is 9.90 Å². The van der Waals surface area contributed by atoms with E-state index >= 15 is 0 Å². The molecule has 0 aliphatic carbocycles. The van der Waals surface area contributed by atoms with Crippen LogP contribution < -0.4 is 0 Å². The zero-order chi connectivity index (χ0) is 10.7. The first-order valence-corrected chi connectivity index (χ1v) is 5.02. The molecule has 80 valence electrons. The van der Waals surface area contributed by atoms with Crippen LogP contribution in [0, 0.1) is 0 Å². The number of carboxylic acid groups (broad SMARTS) is 1. The molecule has 1 aliphatic heterocycles. The lowest BCUT2D eigenvalue weighted by Crippen LogP contribution is -2.37. The Kier molecular flexibility index (Phi) is 2.80. The summed E-state index contributed by atoms with van der Waals surface area (Å²) in [7, 11) is 0. The molecule has 0 unspecified atom stereocenters. The lowest BCUT2D eigenvalue weighted by atomic mass is 9.96. The zero-order valence-corrected chi connectivity index (χ0v) is 8.33. The molecule has 1 fully saturated rings. The first-order valence-electron chi connectivity index (χ1n) is 5.02. The van der Waals surface area contributed by atoms with E-state index in [0.29, 0.717) is 19.0 Å². The fraction of sp³-hybridized carbons (Fsp3) is 0.500. The summed E-state index contributed by atoms with van der Waals surface area (Å²) in [5.41, 5.74) is 0. The van der Waals surface area contributed by atoms with Crippen LogP contribution in [-0.4, -0.2) is 39.2 Å². The van der Waals surface area contributed by atoms with Gasteiger partial charge in [0.25, 0.3) is 0 Å². The lowest BCUT2D eigenvalue weighted by molar-refractivity contribution is 0.131. The van der Waals surface area contributed by atoms with Crippen molar-refractivity contribution in [3.05, 3.63) is 24.3 Å². The van der Waals surface area contributed by atoms with Crippen LogP contribution in [0.1, 0.15) is 24.6 Å². The molecule has 0 spiro atoms. The van der Waals surface area contributed by atoms with E-state index in [0.717, 1.165) is 18.7 Å². The zero-order valence-electron chi connectivity index (χ0n) is 8.33. The minimum Gasteiger partial charge on any atom is -0.465 e. The minimum absolute atomic E-state index is 0.307. The molecule has 0 atom stereocenters. The number of piperidine rings is 1. The van der Waals surface area contributed by atoms with Gasteiger partial charge < -0.3 is 10.0 Å². The van der Waals surface area contributed by atoms with Gasteiger partial charge in [0.15, 0.2) is 0 Å². The third kappa shape index (κ3) is 2.23. The van der Waals surface area contributed by atoms with Crippen molar-refractivity contribution >= 4 is 6.09 Å². The van der Waals surface area contributed by atoms with E-state index < -0.39 is 6.09 Å². The number of rotatable bonds is 1. The lowest BCUT2D eigenvalue weighted by Gasteiger charge is -2.28. The predicted octanol–water partition coefficient (Wildman–Crippen LogP) is 1.33. The molecule has 2 heterocycles. The van der Waals surface area contributed by atoms with Crippen LogP contribution in [0.15, 0.2) is 18.5 Å². The van der Waals surface area contributed by atoms with E-state index in [1.807, 2.05) is 0 Å². The first kappa shape index (κ1) is 9.89. The van der Waals surface area contributed by atoms with Gasteiger partial charge in [-0.05, 0) is 18.9 Å². The number of carbonyl (C=O) groups is 1. The Morgan fingerprint density at radius 2 is 1.93 bits per heavy atom. The number of likely N-dealkylation sites (tertiary alicyclic amines) is 1. The normalized spacial score (nSPS) is 17.7. The maximum absolute atomic E-state index is 10.7. The molecule has 15 heavy (non-hydrogen) atoms. The maximum Gasteiger partial charge on any atom is 0.407 e. The average Bonchev–Trinajstić information content (AvgIpc) is 2.30. The smallest absolute Gasteiger partial charge is 0.407 e. The molecular weight excluding hydrogens is 194 g/mol. The van der Waals surface area contributed by atoms with Crippen molar-refractivity contribution in [2.45, 2.75) is 18.8 Å². The van der Waals surface area contributed by atoms with Crippen LogP contribution >= 0.6 is 0 Å². The molecule has 0 saturated carbocycles. The summed E-state index contributed by atoms with van der Waals surface area (Å²) in [5, 5.41) is 8.79. The van der Waals surface area contributed by atoms with Gasteiger partial charge in [0, 0.05) is 31.4 Å². The van der Waals surface area contributed by atoms with E-state index in [9.17, 15) is 4.79 Å². The van der Waals surface area contributed by atoms with E-state index in [1.54, 1.807) is 18.5 Å². The van der Waals surface area contributed by atoms with Crippen molar-refractivity contribution in [1.29, 1.82) is 0 Å². The fourth-order valence-corrected chi connectivity index (χ4v) is 1.85. The Morgan fingerprint density at radius 3 is 2.47 bits per heavy atom. The van der Waals surface area contributed by atoms with E-state index in [2.05, 4.69) is 9.97 Å². The largest absolute Gasteiger partial charge is 0.465 e. The van der Waals surface area contributed by atoms with E-state index in [1.165, 1.54) is 4.90 Å². The van der Waals surface area contributed by atoms with Crippen LogP contribution in [-0.2, 0) is 0 Å². The highest BCUT2D eigenvalue weighted by molar-refractivity contribution is 5.65. The Morgan fingerprint density at radius 1 is 1.33 bits per heavy atom. The molecule has 0 bridgehead atoms. The van der Waals surface area contributed by atoms with Crippen molar-refractivity contribution in [3.8, 4) is 0 Å². The van der Waals surface area contributed by atoms with Gasteiger partial charge in [-0.3, -0.25) is 0 Å². The predicted molar refractivity (Wildman–Crippen MR) is 53.6 cm³/mol. The van der Waals surface area contributed by atoms with Gasteiger partial charge in [0.05, 0.1) is 0 Å². The Bertz CT molecular complexity index is 334. The number of hydrogen-bond acceptors (Lipinski definition) is 3. The quantitative estimate of drug-likeness (QED) is 0.754. The molecule has 1 aliphatic rings. The third-order valence-electron chi connectivity index (χ3n) is 2.72. The number of aromatic nitrogens is 2. The van der Waals surface area contributed by atoms with Crippen LogP contribution in [0.2, 0.25) is 0 Å². The fourth-order valence-electron chi connectivity index (χ4n) is 1.85. The summed E-state index contributed by atoms with van der Waals surface area (Å²) in [4.78, 5) is 20.5. The molecular formula is C10H13N3O2. The van der Waals surface area contributed by atoms with E-state index in [-0.39, 0.29) is 0 Å². The van der Waals surface area contributed by atoms with Crippen LogP contribution in [0.3, 0.4) is 0 Å². The van der Waals surface area contributed by atoms with Crippen molar-refractivity contribution in [2.24, 2.45) is 0 Å². The Hall–Kier alpha value is -1.65. The Labute approximate surface area is 87.8 Å². The van der Waals surface area contributed by atoms with Gasteiger partial charge in [-0.25, -0.2) is 14.8 Å². The summed E-state index contributed by atoms with van der Waals surface area (Å²) in [5.74, 6) is 1.14. The van der Waals surface area contributed by atoms with E-state index in [4.69, 9.17) is 5.11 Å². The molecule has 1 aromatic heterocycles. The summed E-state index contributed by atoms with van der Waals surface area (Å²) >= 11 is 0. The Balaban J connectivity index is 1.97. The maximum atomic E-state index is 10.7. The van der Waals surface area contributed by atoms with Crippen LogP contribution in [0.5, 0.6) is 0 Å². The van der Waals surface area contributed by atoms with Gasteiger partial charge in [-0.2, -0.15) is 0 Å². The molecule has 1 aromatic rings. The SMILES string of the molecule is O=C(O)N1CCC(c2ncccn2)CC1. The molecule has 5 nitrogen and oxygen atoms in total. The van der Waals surface area contributed by atoms with Gasteiger partial charge >= 0.3 is 6.09 Å². The van der Waals surface area contributed by atoms with Crippen molar-refractivity contribution in [2.75, 3.05) is 13.1 Å². The minimum atomic E-state index is -0.831. The second-order valence-corrected chi connectivity index (χ2v) is 3.65. The second kappa shape index (κ2) is 4.25. The molecule has 1 amide bonds. The molecule has 2 rings (SSSR count). The van der Waals surface area contributed by atoms with Gasteiger partial charge in [-0.1, -0.05) is 0 Å². The summed E-state index contributed by atoms with van der Waals surface area (Å²) < 4.78 is 0. The molecule has 1 N–H and O–H groups in total. The van der Waals surface area contributed by atoms with Gasteiger partial charge in [-0.15, -0.1) is 0 Å². The number of hydrogen-bond donors (Lipinski definition) is 1. The number of amides is 1. The standard InChI is InChI=1S/C10H13N3O2/c14-10(15)13-6-2-8(3-7-13)9-11-4-1-5-12-9/h1,4-5,8H,2-3,6-7H2,(H,14,15). The van der Waals surface area contributed by atoms with Crippen LogP contribution in [0.4, 0.5) is 4.79 Å². The van der Waals surface area contributed by atoms with Gasteiger partial charge in [0.1, 0.15) is 5.82 Å². The second-order valence-electron chi connectivity index (χ2n) is 3.65. The van der Waals surface area contributed by atoms with Crippen molar-refractivity contribution in [3.63, 3.8) is 0 Å². The molecule has 1 saturated heterocycles.